The highest BCUT2D eigenvalue weighted by molar-refractivity contribution is 5.96. The summed E-state index contributed by atoms with van der Waals surface area (Å²) in [7, 11) is 0. The van der Waals surface area contributed by atoms with Crippen molar-refractivity contribution in [1.82, 2.24) is 19.8 Å². The third-order valence-electron chi connectivity index (χ3n) is 3.96. The van der Waals surface area contributed by atoms with E-state index in [-0.39, 0.29) is 11.8 Å². The van der Waals surface area contributed by atoms with Gasteiger partial charge in [-0.15, -0.1) is 0 Å². The van der Waals surface area contributed by atoms with Crippen LogP contribution in [0, 0.1) is 12.8 Å². The van der Waals surface area contributed by atoms with Gasteiger partial charge in [-0.05, 0) is 26.2 Å². The second-order valence-corrected chi connectivity index (χ2v) is 6.07. The zero-order valence-corrected chi connectivity index (χ0v) is 13.2. The van der Waals surface area contributed by atoms with Crippen LogP contribution >= 0.6 is 0 Å². The van der Waals surface area contributed by atoms with Gasteiger partial charge in [-0.2, -0.15) is 0 Å². The molecule has 21 heavy (non-hydrogen) atoms. The summed E-state index contributed by atoms with van der Waals surface area (Å²) in [6.07, 6.45) is 4.31. The molecule has 1 fully saturated rings. The van der Waals surface area contributed by atoms with E-state index in [2.05, 4.69) is 24.1 Å². The first-order chi connectivity index (χ1) is 9.90. The highest BCUT2D eigenvalue weighted by Crippen LogP contribution is 2.15. The number of rotatable bonds is 5. The lowest BCUT2D eigenvalue weighted by atomic mass is 9.99. The third-order valence-corrected chi connectivity index (χ3v) is 3.96. The van der Waals surface area contributed by atoms with Gasteiger partial charge in [0, 0.05) is 25.5 Å². The number of imidazole rings is 1. The van der Waals surface area contributed by atoms with E-state index in [1.807, 2.05) is 17.7 Å². The van der Waals surface area contributed by atoms with Crippen LogP contribution in [0.5, 0.6) is 0 Å². The van der Waals surface area contributed by atoms with E-state index in [0.717, 1.165) is 5.82 Å². The highest BCUT2D eigenvalue weighted by atomic mass is 16.2. The molecule has 2 rings (SSSR count). The van der Waals surface area contributed by atoms with Crippen molar-refractivity contribution in [2.45, 2.75) is 52.7 Å². The SMILES string of the molecule is Cc1nccn1CCN1C(=O)C(CC(C)C)NC(=O)C1C. The molecule has 0 saturated carbocycles. The predicted octanol–water partition coefficient (Wildman–Crippen LogP) is 0.953. The van der Waals surface area contributed by atoms with Gasteiger partial charge < -0.3 is 14.8 Å². The van der Waals surface area contributed by atoms with Gasteiger partial charge in [0.1, 0.15) is 17.9 Å². The molecule has 0 spiro atoms. The number of nitrogens with zero attached hydrogens (tertiary/aromatic N) is 3. The number of aromatic nitrogens is 2. The van der Waals surface area contributed by atoms with Gasteiger partial charge in [-0.25, -0.2) is 4.98 Å². The van der Waals surface area contributed by atoms with Crippen LogP contribution in [0.1, 0.15) is 33.0 Å². The lowest BCUT2D eigenvalue weighted by Gasteiger charge is -2.38. The molecule has 1 aromatic heterocycles. The number of hydrogen-bond donors (Lipinski definition) is 1. The molecule has 0 aliphatic carbocycles. The number of piperazine rings is 1. The first-order valence-electron chi connectivity index (χ1n) is 7.48. The molecule has 2 heterocycles. The van der Waals surface area contributed by atoms with Gasteiger partial charge in [-0.3, -0.25) is 9.59 Å². The molecule has 2 amide bonds. The van der Waals surface area contributed by atoms with Crippen LogP contribution in [-0.2, 0) is 16.1 Å². The Kier molecular flexibility index (Phi) is 4.65. The largest absolute Gasteiger partial charge is 0.343 e. The first-order valence-corrected chi connectivity index (χ1v) is 7.48. The summed E-state index contributed by atoms with van der Waals surface area (Å²) in [4.78, 5) is 30.4. The second-order valence-electron chi connectivity index (χ2n) is 6.07. The van der Waals surface area contributed by atoms with E-state index < -0.39 is 12.1 Å². The van der Waals surface area contributed by atoms with E-state index >= 15 is 0 Å². The van der Waals surface area contributed by atoms with Crippen LogP contribution < -0.4 is 5.32 Å². The number of nitrogens with one attached hydrogen (secondary N) is 1. The fourth-order valence-electron chi connectivity index (χ4n) is 2.68. The molecule has 1 N–H and O–H groups in total. The van der Waals surface area contributed by atoms with Gasteiger partial charge in [0.15, 0.2) is 0 Å². The molecule has 0 bridgehead atoms. The van der Waals surface area contributed by atoms with Gasteiger partial charge in [0.25, 0.3) is 0 Å². The standard InChI is InChI=1S/C15H24N4O2/c1-10(2)9-13-15(21)19(11(3)14(20)17-13)8-7-18-6-5-16-12(18)4/h5-6,10-11,13H,7-9H2,1-4H3,(H,17,20). The molecule has 1 aliphatic rings. The summed E-state index contributed by atoms with van der Waals surface area (Å²) in [6.45, 7) is 8.99. The molecule has 1 aromatic rings. The van der Waals surface area contributed by atoms with Crippen LogP contribution in [0.25, 0.3) is 0 Å². The van der Waals surface area contributed by atoms with Crippen molar-refractivity contribution in [3.8, 4) is 0 Å². The number of carbonyl (C=O) groups excluding carboxylic acids is 2. The van der Waals surface area contributed by atoms with Crippen molar-refractivity contribution in [2.75, 3.05) is 6.54 Å². The minimum absolute atomic E-state index is 0.0218. The molecular formula is C15H24N4O2. The smallest absolute Gasteiger partial charge is 0.245 e. The predicted molar refractivity (Wildman–Crippen MR) is 79.5 cm³/mol. The van der Waals surface area contributed by atoms with Crippen LogP contribution in [0.3, 0.4) is 0 Å². The van der Waals surface area contributed by atoms with E-state index in [1.54, 1.807) is 18.0 Å². The third kappa shape index (κ3) is 3.43. The molecule has 1 saturated heterocycles. The Hall–Kier alpha value is -1.85. The number of amides is 2. The van der Waals surface area contributed by atoms with Crippen LogP contribution in [0.4, 0.5) is 0 Å². The van der Waals surface area contributed by atoms with Gasteiger partial charge >= 0.3 is 0 Å². The van der Waals surface area contributed by atoms with E-state index in [1.165, 1.54) is 0 Å². The number of aryl methyl sites for hydroxylation is 1. The lowest BCUT2D eigenvalue weighted by Crippen LogP contribution is -2.63. The Labute approximate surface area is 125 Å². The average Bonchev–Trinajstić information content (AvgIpc) is 2.81. The Balaban J connectivity index is 2.06. The molecule has 116 valence electrons. The zero-order chi connectivity index (χ0) is 15.6. The Morgan fingerprint density at radius 3 is 2.62 bits per heavy atom. The molecule has 1 aliphatic heterocycles. The van der Waals surface area contributed by atoms with Crippen molar-refractivity contribution in [3.63, 3.8) is 0 Å². The maximum absolute atomic E-state index is 12.5. The van der Waals surface area contributed by atoms with Crippen molar-refractivity contribution >= 4 is 11.8 Å². The molecule has 0 aromatic carbocycles. The normalized spacial score (nSPS) is 22.8. The summed E-state index contributed by atoms with van der Waals surface area (Å²) >= 11 is 0. The number of hydrogen-bond acceptors (Lipinski definition) is 3. The topological polar surface area (TPSA) is 67.2 Å². The Morgan fingerprint density at radius 1 is 1.33 bits per heavy atom. The van der Waals surface area contributed by atoms with Gasteiger partial charge in [-0.1, -0.05) is 13.8 Å². The van der Waals surface area contributed by atoms with Gasteiger partial charge in [0.05, 0.1) is 0 Å². The van der Waals surface area contributed by atoms with Crippen molar-refractivity contribution < 1.29 is 9.59 Å². The lowest BCUT2D eigenvalue weighted by molar-refractivity contribution is -0.149. The summed E-state index contributed by atoms with van der Waals surface area (Å²) in [5, 5.41) is 2.83. The highest BCUT2D eigenvalue weighted by Gasteiger charge is 2.37. The molecule has 6 nitrogen and oxygen atoms in total. The maximum Gasteiger partial charge on any atom is 0.245 e. The van der Waals surface area contributed by atoms with E-state index in [9.17, 15) is 9.59 Å². The molecular weight excluding hydrogens is 268 g/mol. The van der Waals surface area contributed by atoms with Crippen molar-refractivity contribution in [2.24, 2.45) is 5.92 Å². The van der Waals surface area contributed by atoms with Crippen molar-refractivity contribution in [3.05, 3.63) is 18.2 Å². The molecule has 2 atom stereocenters. The minimum Gasteiger partial charge on any atom is -0.343 e. The van der Waals surface area contributed by atoms with E-state index in [4.69, 9.17) is 0 Å². The van der Waals surface area contributed by atoms with Crippen LogP contribution in [0.15, 0.2) is 12.4 Å². The molecule has 0 radical (unpaired) electrons. The van der Waals surface area contributed by atoms with Crippen molar-refractivity contribution in [1.29, 1.82) is 0 Å². The zero-order valence-electron chi connectivity index (χ0n) is 13.2. The average molecular weight is 292 g/mol. The van der Waals surface area contributed by atoms with Gasteiger partial charge in [0.2, 0.25) is 11.8 Å². The minimum atomic E-state index is -0.412. The van der Waals surface area contributed by atoms with Crippen LogP contribution in [0.2, 0.25) is 0 Å². The summed E-state index contributed by atoms with van der Waals surface area (Å²) in [5.74, 6) is 1.23. The number of carbonyl (C=O) groups is 2. The summed E-state index contributed by atoms with van der Waals surface area (Å²) in [5.41, 5.74) is 0. The van der Waals surface area contributed by atoms with Crippen LogP contribution in [-0.4, -0.2) is 44.9 Å². The summed E-state index contributed by atoms with van der Waals surface area (Å²) < 4.78 is 1.99. The molecule has 2 unspecified atom stereocenters. The first kappa shape index (κ1) is 15.5. The fourth-order valence-corrected chi connectivity index (χ4v) is 2.68. The molecule has 6 heteroatoms. The second kappa shape index (κ2) is 6.28. The monoisotopic (exact) mass is 292 g/mol. The quantitative estimate of drug-likeness (QED) is 0.878. The maximum atomic E-state index is 12.5. The Bertz CT molecular complexity index is 523. The van der Waals surface area contributed by atoms with E-state index in [0.29, 0.717) is 25.4 Å². The fraction of sp³-hybridized carbons (Fsp3) is 0.667. The summed E-state index contributed by atoms with van der Waals surface area (Å²) in [6, 6.07) is -0.803. The Morgan fingerprint density at radius 2 is 2.05 bits per heavy atom.